The molecule has 0 aliphatic carbocycles. The number of rotatable bonds is 48. The molecular weight excluding hydrogens is 1420 g/mol. The number of unbranched alkanes of at least 4 members (excludes halogenated alkanes) is 1. The topological polar surface area (TPSA) is 623 Å². The van der Waals surface area contributed by atoms with Crippen LogP contribution in [0.2, 0.25) is 0 Å². The van der Waals surface area contributed by atoms with Gasteiger partial charge in [-0.25, -0.2) is 4.79 Å². The molecule has 1 aliphatic rings. The van der Waals surface area contributed by atoms with Gasteiger partial charge in [0.05, 0.1) is 19.4 Å². The number of aliphatic carboxylic acids is 3. The molecule has 25 N–H and O–H groups in total. The van der Waals surface area contributed by atoms with Gasteiger partial charge in [-0.15, -0.1) is 0 Å². The van der Waals surface area contributed by atoms with Crippen LogP contribution in [0.5, 0.6) is 5.75 Å². The van der Waals surface area contributed by atoms with Crippen molar-refractivity contribution in [2.24, 2.45) is 45.5 Å². The zero-order valence-electron chi connectivity index (χ0n) is 61.4. The molecule has 3 aromatic rings. The summed E-state index contributed by atoms with van der Waals surface area (Å²) in [5.41, 5.74) is 29.7. The molecule has 109 heavy (non-hydrogen) atoms. The highest BCUT2D eigenvalue weighted by molar-refractivity contribution is 6.01. The summed E-state index contributed by atoms with van der Waals surface area (Å²) in [7, 11) is 0. The molecule has 0 aromatic heterocycles. The van der Waals surface area contributed by atoms with Crippen molar-refractivity contribution in [2.75, 3.05) is 26.2 Å². The fourth-order valence-corrected chi connectivity index (χ4v) is 11.8. The molecule has 4 rings (SSSR count). The number of carboxylic acids is 3. The zero-order valence-corrected chi connectivity index (χ0v) is 61.4. The van der Waals surface area contributed by atoms with Gasteiger partial charge in [-0.3, -0.25) is 72.1 Å². The van der Waals surface area contributed by atoms with E-state index in [4.69, 9.17) is 28.7 Å². The van der Waals surface area contributed by atoms with Crippen LogP contribution in [-0.2, 0) is 91.2 Å². The summed E-state index contributed by atoms with van der Waals surface area (Å²) in [5.74, 6) is -18.1. The summed E-state index contributed by atoms with van der Waals surface area (Å²) in [6.45, 7) is 6.10. The summed E-state index contributed by atoms with van der Waals surface area (Å²) in [4.78, 5) is 212. The van der Waals surface area contributed by atoms with Crippen molar-refractivity contribution in [1.82, 2.24) is 58.1 Å². The number of nitrogens with one attached hydrogen (secondary N) is 10. The van der Waals surface area contributed by atoms with Gasteiger partial charge < -0.3 is 112 Å². The first kappa shape index (κ1) is 90.1. The van der Waals surface area contributed by atoms with Crippen LogP contribution in [-0.4, -0.2) is 224 Å². The molecule has 0 radical (unpaired) electrons. The van der Waals surface area contributed by atoms with E-state index in [0.29, 0.717) is 16.7 Å². The molecule has 1 saturated heterocycles. The summed E-state index contributed by atoms with van der Waals surface area (Å²) >= 11 is 0. The van der Waals surface area contributed by atoms with Crippen LogP contribution in [0.25, 0.3) is 0 Å². The Balaban J connectivity index is 1.64. The molecule has 1 fully saturated rings. The number of phenolic OH excluding ortho intramolecular Hbond substituents is 1. The van der Waals surface area contributed by atoms with Gasteiger partial charge in [-0.05, 0) is 111 Å². The number of nitrogens with two attached hydrogens (primary N) is 5. The summed E-state index contributed by atoms with van der Waals surface area (Å²) < 4.78 is 0. The monoisotopic (exact) mass is 1530 g/mol. The van der Waals surface area contributed by atoms with Crippen LogP contribution in [0.1, 0.15) is 128 Å². The van der Waals surface area contributed by atoms with Gasteiger partial charge in [-0.1, -0.05) is 100 Å². The summed E-state index contributed by atoms with van der Waals surface area (Å²) in [6, 6.07) is 3.18. The Kier molecular flexibility index (Phi) is 38.0. The average molecular weight is 1530 g/mol. The quantitative estimate of drug-likeness (QED) is 0.0146. The summed E-state index contributed by atoms with van der Waals surface area (Å²) in [5, 5.41) is 74.5. The molecule has 37 heteroatoms. The molecule has 3 aromatic carbocycles. The fourth-order valence-electron chi connectivity index (χ4n) is 11.8. The molecule has 1 aliphatic heterocycles. The molecule has 0 bridgehead atoms. The molecule has 12 amide bonds. The second-order valence-electron chi connectivity index (χ2n) is 27.4. The number of guanidine groups is 1. The number of nitrogens with zero attached hydrogens (tertiary/aromatic N) is 2. The van der Waals surface area contributed by atoms with Crippen molar-refractivity contribution in [3.05, 3.63) is 102 Å². The lowest BCUT2D eigenvalue weighted by atomic mass is 9.98. The number of carbonyl (C=O) groups excluding carboxylic acids is 12. The van der Waals surface area contributed by atoms with E-state index in [0.717, 1.165) is 4.90 Å². The second-order valence-corrected chi connectivity index (χ2v) is 27.4. The highest BCUT2D eigenvalue weighted by Crippen LogP contribution is 2.22. The Morgan fingerprint density at radius 3 is 1.34 bits per heavy atom. The largest absolute Gasteiger partial charge is 0.508 e. The number of benzene rings is 3. The van der Waals surface area contributed by atoms with Crippen LogP contribution in [0, 0.1) is 11.8 Å². The maximum Gasteiger partial charge on any atom is 0.326 e. The Hall–Kier alpha value is -11.3. The van der Waals surface area contributed by atoms with Crippen LogP contribution in [0.3, 0.4) is 0 Å². The van der Waals surface area contributed by atoms with E-state index in [2.05, 4.69) is 58.2 Å². The number of likely N-dealkylation sites (tertiary alicyclic amines) is 1. The third-order valence-electron chi connectivity index (χ3n) is 17.3. The van der Waals surface area contributed by atoms with E-state index in [1.807, 2.05) is 0 Å². The average Bonchev–Trinajstić information content (AvgIpc) is 1.73. The smallest absolute Gasteiger partial charge is 0.326 e. The highest BCUT2D eigenvalue weighted by atomic mass is 16.4. The van der Waals surface area contributed by atoms with E-state index in [1.165, 1.54) is 24.3 Å². The van der Waals surface area contributed by atoms with Crippen molar-refractivity contribution >= 4 is 94.8 Å². The number of hydrogen-bond donors (Lipinski definition) is 20. The number of phenols is 1. The minimum absolute atomic E-state index is 0.00896. The molecule has 12 atom stereocenters. The standard InChI is InChI=1S/C72H105N17O20/c1-39(2)31-49(83-64(101)50(32-40(3)4)84-66(103)51(82-60(97)45(74)38-90)33-41-15-7-5-8-16-41)63(100)80-47(20-13-29-78-72(76)77)62(99)86-53(36-57(75)92)67(104)87-54(37-59(95)96)68(105)79-46(19-11-12-28-73)61(98)85-52(34-43-22-24-44(91)25-23-43)65(102)81-48(26-27-58(93)94)70(107)89-30-14-21-56(89)69(106)88-55(71(108)109)35-42-17-9-6-10-18-42/h5-10,15-18,22-25,39-40,45-56,90-91H,11-14,19-21,26-38,73-74H2,1-4H3,(H2,75,92)(H,79,105)(H,80,100)(H,81,102)(H,82,97)(H,83,101)(H,84,103)(H,85,98)(H,86,99)(H,87,104)(H,88,106)(H,93,94)(H,95,96)(H,108,109)(H4,76,77,78)/t45-,46-,47-,48-,49-,50-,51-,52-,53-,54-,55-,56-/m0/s1. The molecular formula is C72H105N17O20. The predicted octanol–water partition coefficient (Wildman–Crippen LogP) is -3.85. The number of aromatic hydroxyl groups is 1. The van der Waals surface area contributed by atoms with Crippen LogP contribution in [0.15, 0.2) is 89.9 Å². The Morgan fingerprint density at radius 1 is 0.477 bits per heavy atom. The number of amides is 12. The fraction of sp³-hybridized carbons (Fsp3) is 0.528. The molecule has 1 heterocycles. The van der Waals surface area contributed by atoms with E-state index in [1.54, 1.807) is 88.4 Å². The van der Waals surface area contributed by atoms with Crippen LogP contribution < -0.4 is 81.8 Å². The van der Waals surface area contributed by atoms with Crippen molar-refractivity contribution in [3.8, 4) is 5.75 Å². The van der Waals surface area contributed by atoms with Crippen molar-refractivity contribution in [1.29, 1.82) is 0 Å². The number of aliphatic hydroxyl groups is 1. The number of hydrogen-bond acceptors (Lipinski definition) is 20. The van der Waals surface area contributed by atoms with Gasteiger partial charge in [0.1, 0.15) is 78.3 Å². The molecule has 598 valence electrons. The first-order chi connectivity index (χ1) is 51.6. The van der Waals surface area contributed by atoms with E-state index >= 15 is 0 Å². The molecule has 37 nitrogen and oxygen atoms in total. The van der Waals surface area contributed by atoms with E-state index in [-0.39, 0.29) is 114 Å². The first-order valence-corrected chi connectivity index (χ1v) is 35.9. The first-order valence-electron chi connectivity index (χ1n) is 35.9. The number of carboxylic acid groups (broad SMARTS) is 3. The van der Waals surface area contributed by atoms with Crippen molar-refractivity contribution in [3.63, 3.8) is 0 Å². The molecule has 0 spiro atoms. The lowest BCUT2D eigenvalue weighted by Gasteiger charge is -2.30. The number of aliphatic hydroxyl groups excluding tert-OH is 1. The van der Waals surface area contributed by atoms with Crippen molar-refractivity contribution < 1.29 is 97.5 Å². The van der Waals surface area contributed by atoms with Gasteiger partial charge in [-0.2, -0.15) is 0 Å². The lowest BCUT2D eigenvalue weighted by molar-refractivity contribution is -0.145. The number of primary amides is 1. The predicted molar refractivity (Wildman–Crippen MR) is 394 cm³/mol. The SMILES string of the molecule is CC(C)C[C@H](NC(=O)[C@H](CC(C)C)NC(=O)[C@H](Cc1ccccc1)NC(=O)[C@@H](N)CO)C(=O)N[C@@H](CCCN=C(N)N)C(=O)N[C@@H](CC(N)=O)C(=O)N[C@@H](CC(=O)O)C(=O)N[C@@H](CCCCN)C(=O)N[C@@H](Cc1ccc(O)cc1)C(=O)N[C@@H](CCC(=O)O)C(=O)N1CCC[C@H]1C(=O)N[C@@H](Cc1ccccc1)C(=O)O. The Morgan fingerprint density at radius 2 is 0.890 bits per heavy atom. The van der Waals surface area contributed by atoms with E-state index in [9.17, 15) is 97.5 Å². The van der Waals surface area contributed by atoms with Crippen LogP contribution >= 0.6 is 0 Å². The molecule has 0 saturated carbocycles. The highest BCUT2D eigenvalue weighted by Gasteiger charge is 2.42. The number of carbonyl (C=O) groups is 15. The lowest BCUT2D eigenvalue weighted by Crippen LogP contribution is -2.61. The third kappa shape index (κ3) is 32.3. The van der Waals surface area contributed by atoms with Gasteiger partial charge in [0.25, 0.3) is 0 Å². The van der Waals surface area contributed by atoms with E-state index < -0.39 is 200 Å². The normalized spacial score (nSPS) is 15.5. The molecule has 0 unspecified atom stereocenters. The van der Waals surface area contributed by atoms with Gasteiger partial charge >= 0.3 is 17.9 Å². The maximum absolute atomic E-state index is 14.7. The van der Waals surface area contributed by atoms with Crippen molar-refractivity contribution in [2.45, 2.75) is 203 Å². The Bertz CT molecular complexity index is 3620. The minimum Gasteiger partial charge on any atom is -0.508 e. The zero-order chi connectivity index (χ0) is 81.0. The summed E-state index contributed by atoms with van der Waals surface area (Å²) in [6.07, 6.45) is -4.09. The van der Waals surface area contributed by atoms with Crippen LogP contribution in [0.4, 0.5) is 0 Å². The van der Waals surface area contributed by atoms with Gasteiger partial charge in [0, 0.05) is 38.8 Å². The number of aliphatic imine (C=N–C) groups is 1. The second kappa shape index (κ2) is 46.0. The maximum atomic E-state index is 14.7. The van der Waals surface area contributed by atoms with Gasteiger partial charge in [0.2, 0.25) is 70.9 Å². The Labute approximate surface area is 629 Å². The minimum atomic E-state index is -2.13. The third-order valence-corrected chi connectivity index (χ3v) is 17.3. The van der Waals surface area contributed by atoms with Gasteiger partial charge in [0.15, 0.2) is 5.96 Å².